The molecule has 1 fully saturated rings. The van der Waals surface area contributed by atoms with Crippen molar-refractivity contribution in [3.8, 4) is 0 Å². The van der Waals surface area contributed by atoms with E-state index in [0.717, 1.165) is 60.1 Å². The Balaban J connectivity index is 0.00000150. The smallest absolute Gasteiger partial charge is 0.314 e. The van der Waals surface area contributed by atoms with Crippen molar-refractivity contribution in [1.29, 1.82) is 0 Å². The van der Waals surface area contributed by atoms with E-state index in [4.69, 9.17) is 0 Å². The predicted molar refractivity (Wildman–Crippen MR) is 118 cm³/mol. The molecule has 0 radical (unpaired) electrons. The van der Waals surface area contributed by atoms with Crippen LogP contribution in [0.25, 0.3) is 5.57 Å². The summed E-state index contributed by atoms with van der Waals surface area (Å²) in [5, 5.41) is 3.33. The minimum Gasteiger partial charge on any atom is -0.314 e. The zero-order valence-corrected chi connectivity index (χ0v) is 18.1. The fourth-order valence-electron chi connectivity index (χ4n) is 3.59. The van der Waals surface area contributed by atoms with Gasteiger partial charge in [-0.15, -0.1) is 24.8 Å². The molecule has 158 valence electrons. The molecule has 0 aliphatic carbocycles. The van der Waals surface area contributed by atoms with Crippen LogP contribution in [0, 0.1) is 0 Å². The van der Waals surface area contributed by atoms with Crippen molar-refractivity contribution in [1.82, 2.24) is 10.2 Å². The first kappa shape index (κ1) is 24.1. The van der Waals surface area contributed by atoms with Crippen molar-refractivity contribution in [3.05, 3.63) is 65.2 Å². The molecule has 2 aromatic carbocycles. The second-order valence-corrected chi connectivity index (χ2v) is 7.89. The lowest BCUT2D eigenvalue weighted by molar-refractivity contribution is -0.137. The largest absolute Gasteiger partial charge is 0.416 e. The number of nitrogens with zero attached hydrogens (tertiary/aromatic N) is 1. The summed E-state index contributed by atoms with van der Waals surface area (Å²) >= 11 is 1.54. The number of hydrogen-bond acceptors (Lipinski definition) is 3. The van der Waals surface area contributed by atoms with Crippen LogP contribution < -0.4 is 5.32 Å². The number of benzene rings is 2. The molecule has 0 unspecified atom stereocenters. The van der Waals surface area contributed by atoms with E-state index in [1.165, 1.54) is 12.1 Å². The molecule has 1 saturated heterocycles. The zero-order valence-electron chi connectivity index (χ0n) is 15.7. The monoisotopic (exact) mass is 462 g/mol. The number of nitrogens with one attached hydrogen (secondary N) is 1. The van der Waals surface area contributed by atoms with Crippen molar-refractivity contribution >= 4 is 42.1 Å². The van der Waals surface area contributed by atoms with Crippen molar-refractivity contribution in [2.45, 2.75) is 22.4 Å². The van der Waals surface area contributed by atoms with Crippen molar-refractivity contribution in [2.24, 2.45) is 0 Å². The zero-order chi connectivity index (χ0) is 18.9. The van der Waals surface area contributed by atoms with E-state index in [-0.39, 0.29) is 24.8 Å². The number of piperazine rings is 1. The Morgan fingerprint density at radius 3 is 2.38 bits per heavy atom. The molecular formula is C21H23Cl2F3N2S. The lowest BCUT2D eigenvalue weighted by Gasteiger charge is -2.27. The summed E-state index contributed by atoms with van der Waals surface area (Å²) in [7, 11) is 0. The van der Waals surface area contributed by atoms with Crippen LogP contribution in [-0.4, -0.2) is 37.6 Å². The highest BCUT2D eigenvalue weighted by molar-refractivity contribution is 7.99. The maximum Gasteiger partial charge on any atom is 0.416 e. The molecule has 2 heterocycles. The Morgan fingerprint density at radius 2 is 1.66 bits per heavy atom. The van der Waals surface area contributed by atoms with E-state index in [1.807, 2.05) is 24.3 Å². The number of rotatable bonds is 3. The second kappa shape index (κ2) is 10.2. The molecule has 0 saturated carbocycles. The average Bonchev–Trinajstić information content (AvgIpc) is 2.67. The fraction of sp³-hybridized carbons (Fsp3) is 0.333. The van der Waals surface area contributed by atoms with E-state index in [9.17, 15) is 13.2 Å². The molecule has 4 rings (SSSR count). The first-order chi connectivity index (χ1) is 13.0. The van der Waals surface area contributed by atoms with Crippen LogP contribution in [0.4, 0.5) is 13.2 Å². The molecule has 8 heteroatoms. The summed E-state index contributed by atoms with van der Waals surface area (Å²) in [6.45, 7) is 4.95. The van der Waals surface area contributed by atoms with Crippen molar-refractivity contribution in [2.75, 3.05) is 32.7 Å². The van der Waals surface area contributed by atoms with Crippen LogP contribution in [0.5, 0.6) is 0 Å². The van der Waals surface area contributed by atoms with Gasteiger partial charge >= 0.3 is 6.18 Å². The van der Waals surface area contributed by atoms with Gasteiger partial charge in [0.2, 0.25) is 0 Å². The molecule has 0 atom stereocenters. The van der Waals surface area contributed by atoms with Crippen LogP contribution in [0.1, 0.15) is 23.1 Å². The maximum atomic E-state index is 13.2. The Labute approximate surface area is 185 Å². The van der Waals surface area contributed by atoms with Gasteiger partial charge in [-0.3, -0.25) is 0 Å². The summed E-state index contributed by atoms with van der Waals surface area (Å²) in [6.07, 6.45) is -1.40. The quantitative estimate of drug-likeness (QED) is 0.533. The molecule has 1 N–H and O–H groups in total. The van der Waals surface area contributed by atoms with E-state index in [2.05, 4.69) is 16.3 Å². The normalized spacial score (nSPS) is 17.7. The standard InChI is InChI=1S/C21H21F3N2S.2ClH/c22-21(23,24)15-7-8-20-18(14-15)16(17-4-1-2-6-19(17)27-20)5-3-11-26-12-9-25-10-13-26;;/h1-2,4-8,14,25H,3,9-13H2;2*1H. The summed E-state index contributed by atoms with van der Waals surface area (Å²) in [5.74, 6) is 0. The van der Waals surface area contributed by atoms with Gasteiger partial charge in [-0.05, 0) is 47.4 Å². The molecule has 2 aliphatic heterocycles. The fourth-order valence-corrected chi connectivity index (χ4v) is 4.68. The highest BCUT2D eigenvalue weighted by Gasteiger charge is 2.32. The Morgan fingerprint density at radius 1 is 0.966 bits per heavy atom. The number of halogens is 5. The van der Waals surface area contributed by atoms with E-state index in [0.29, 0.717) is 5.56 Å². The van der Waals surface area contributed by atoms with Gasteiger partial charge in [-0.1, -0.05) is 36.0 Å². The SMILES string of the molecule is Cl.Cl.FC(F)(F)c1ccc2c(c1)C(=CCCN1CCNCC1)c1ccccc1S2. The van der Waals surface area contributed by atoms with Crippen molar-refractivity contribution in [3.63, 3.8) is 0 Å². The molecule has 0 amide bonds. The van der Waals surface area contributed by atoms with E-state index in [1.54, 1.807) is 17.8 Å². The molecule has 0 spiro atoms. The van der Waals surface area contributed by atoms with Gasteiger partial charge in [-0.25, -0.2) is 0 Å². The Hall–Kier alpha value is -1.18. The van der Waals surface area contributed by atoms with Crippen molar-refractivity contribution < 1.29 is 13.2 Å². The van der Waals surface area contributed by atoms with Gasteiger partial charge in [0.15, 0.2) is 0 Å². The second-order valence-electron chi connectivity index (χ2n) is 6.81. The highest BCUT2D eigenvalue weighted by atomic mass is 35.5. The van der Waals surface area contributed by atoms with Crippen LogP contribution in [0.15, 0.2) is 58.3 Å². The molecule has 29 heavy (non-hydrogen) atoms. The van der Waals surface area contributed by atoms with E-state index >= 15 is 0 Å². The third-order valence-corrected chi connectivity index (χ3v) is 6.15. The van der Waals surface area contributed by atoms with E-state index < -0.39 is 11.7 Å². The topological polar surface area (TPSA) is 15.3 Å². The highest BCUT2D eigenvalue weighted by Crippen LogP contribution is 2.47. The van der Waals surface area contributed by atoms with Gasteiger partial charge in [0.1, 0.15) is 0 Å². The Kier molecular flexibility index (Phi) is 8.49. The van der Waals surface area contributed by atoms with Gasteiger partial charge < -0.3 is 10.2 Å². The minimum absolute atomic E-state index is 0. The van der Waals surface area contributed by atoms with Crippen LogP contribution in [0.3, 0.4) is 0 Å². The van der Waals surface area contributed by atoms with Gasteiger partial charge in [0.05, 0.1) is 5.56 Å². The first-order valence-electron chi connectivity index (χ1n) is 9.14. The van der Waals surface area contributed by atoms with Gasteiger partial charge in [0.25, 0.3) is 0 Å². The third kappa shape index (κ3) is 5.50. The lowest BCUT2D eigenvalue weighted by Crippen LogP contribution is -2.43. The molecular weight excluding hydrogens is 440 g/mol. The maximum absolute atomic E-state index is 13.2. The van der Waals surface area contributed by atoms with Gasteiger partial charge in [-0.2, -0.15) is 13.2 Å². The number of alkyl halides is 3. The first-order valence-corrected chi connectivity index (χ1v) is 9.96. The number of fused-ring (bicyclic) bond motifs is 2. The predicted octanol–water partition coefficient (Wildman–Crippen LogP) is 5.74. The summed E-state index contributed by atoms with van der Waals surface area (Å²) in [5.41, 5.74) is 2.04. The molecule has 0 bridgehead atoms. The summed E-state index contributed by atoms with van der Waals surface area (Å²) in [6, 6.07) is 12.0. The van der Waals surface area contributed by atoms with Crippen LogP contribution in [-0.2, 0) is 6.18 Å². The molecule has 2 aliphatic rings. The Bertz CT molecular complexity index is 865. The summed E-state index contributed by atoms with van der Waals surface area (Å²) < 4.78 is 39.7. The lowest BCUT2D eigenvalue weighted by atomic mass is 9.94. The molecule has 2 aromatic rings. The van der Waals surface area contributed by atoms with Gasteiger partial charge in [0, 0.05) is 42.5 Å². The third-order valence-electron chi connectivity index (χ3n) is 5.00. The summed E-state index contributed by atoms with van der Waals surface area (Å²) in [4.78, 5) is 4.37. The molecule has 0 aromatic heterocycles. The van der Waals surface area contributed by atoms with Crippen LogP contribution in [0.2, 0.25) is 0 Å². The average molecular weight is 463 g/mol. The molecule has 2 nitrogen and oxygen atoms in total. The number of hydrogen-bond donors (Lipinski definition) is 1. The van der Waals surface area contributed by atoms with Crippen LogP contribution >= 0.6 is 36.6 Å². The minimum atomic E-state index is -4.33.